The maximum atomic E-state index is 12.5. The van der Waals surface area contributed by atoms with Gasteiger partial charge in [-0.15, -0.1) is 23.2 Å². The van der Waals surface area contributed by atoms with Gasteiger partial charge < -0.3 is 59.5 Å². The van der Waals surface area contributed by atoms with Gasteiger partial charge in [-0.05, 0) is 157 Å². The van der Waals surface area contributed by atoms with Crippen LogP contribution in [0.1, 0.15) is 123 Å². The second-order valence-corrected chi connectivity index (χ2v) is 29.2. The van der Waals surface area contributed by atoms with Crippen LogP contribution in [-0.4, -0.2) is 138 Å². The molecule has 538 valence electrons. The topological polar surface area (TPSA) is 252 Å². The fraction of sp³-hybridized carbons (Fsp3) is 0.493. The van der Waals surface area contributed by atoms with Gasteiger partial charge in [-0.2, -0.15) is 0 Å². The van der Waals surface area contributed by atoms with Crippen LogP contribution in [0.15, 0.2) is 73.6 Å². The molecule has 6 aromatic rings. The molecule has 0 bridgehead atoms. The van der Waals surface area contributed by atoms with Crippen molar-refractivity contribution in [3.8, 4) is 17.6 Å². The van der Waals surface area contributed by atoms with Gasteiger partial charge in [0.1, 0.15) is 60.3 Å². The summed E-state index contributed by atoms with van der Waals surface area (Å²) in [5.74, 6) is 3.50. The lowest BCUT2D eigenvalue weighted by molar-refractivity contribution is -0.00972. The number of carbonyl (C=O) groups excluding carboxylic acids is 3. The minimum Gasteiger partial charge on any atom is -0.473 e. The first kappa shape index (κ1) is 78.6. The van der Waals surface area contributed by atoms with Crippen LogP contribution in [0.25, 0.3) is 14.5 Å². The summed E-state index contributed by atoms with van der Waals surface area (Å²) in [6.07, 6.45) is 12.7. The van der Waals surface area contributed by atoms with E-state index in [0.29, 0.717) is 110 Å². The summed E-state index contributed by atoms with van der Waals surface area (Å²) < 4.78 is 34.4. The van der Waals surface area contributed by atoms with Gasteiger partial charge in [-0.3, -0.25) is 0 Å². The smallest absolute Gasteiger partial charge is 0.410 e. The number of halogens is 6. The summed E-state index contributed by atoms with van der Waals surface area (Å²) in [5.41, 5.74) is 4.79. The quantitative estimate of drug-likeness (QED) is 0.0342. The molecule has 101 heavy (non-hydrogen) atoms. The van der Waals surface area contributed by atoms with Gasteiger partial charge in [-0.1, -0.05) is 53.0 Å². The summed E-state index contributed by atoms with van der Waals surface area (Å²) in [6.45, 7) is 44.3. The van der Waals surface area contributed by atoms with Crippen molar-refractivity contribution in [3.63, 3.8) is 0 Å². The van der Waals surface area contributed by atoms with Crippen molar-refractivity contribution in [1.29, 1.82) is 0 Å². The number of ether oxygens (including phenoxy) is 6. The lowest BCUT2D eigenvalue weighted by atomic mass is 9.91. The van der Waals surface area contributed by atoms with Gasteiger partial charge in [0, 0.05) is 73.4 Å². The van der Waals surface area contributed by atoms with E-state index in [9.17, 15) is 14.4 Å². The lowest BCUT2D eigenvalue weighted by Crippen LogP contribution is -2.50. The molecule has 3 atom stereocenters. The Hall–Kier alpha value is -8.12. The van der Waals surface area contributed by atoms with Crippen LogP contribution in [0, 0.1) is 56.7 Å². The van der Waals surface area contributed by atoms with Crippen LogP contribution in [0.5, 0.6) is 17.6 Å². The van der Waals surface area contributed by atoms with E-state index in [1.165, 1.54) is 31.8 Å². The Bertz CT molecular complexity index is 4040. The Morgan fingerprint density at radius 3 is 1.21 bits per heavy atom. The maximum absolute atomic E-state index is 12.5. The molecule has 3 saturated carbocycles. The third-order valence-electron chi connectivity index (χ3n) is 17.6. The minimum absolute atomic E-state index is 0.0198. The molecule has 6 aliphatic rings. The Morgan fingerprint density at radius 2 is 0.911 bits per heavy atom. The van der Waals surface area contributed by atoms with Gasteiger partial charge in [0.05, 0.1) is 86.1 Å². The normalized spacial score (nSPS) is 18.3. The van der Waals surface area contributed by atoms with E-state index in [0.717, 1.165) is 74.7 Å². The van der Waals surface area contributed by atoms with Crippen LogP contribution in [0.2, 0.25) is 15.1 Å². The van der Waals surface area contributed by atoms with Crippen LogP contribution < -0.4 is 35.5 Å². The Morgan fingerprint density at radius 1 is 0.564 bits per heavy atom. The number of piperidine rings is 3. The van der Waals surface area contributed by atoms with Crippen LogP contribution in [-0.2, 0) is 14.2 Å². The first-order valence-corrected chi connectivity index (χ1v) is 35.5. The second kappa shape index (κ2) is 35.2. The molecule has 3 saturated heterocycles. The van der Waals surface area contributed by atoms with Gasteiger partial charge in [0.25, 0.3) is 0 Å². The Kier molecular flexibility index (Phi) is 27.4. The molecule has 3 aliphatic heterocycles. The van der Waals surface area contributed by atoms with E-state index in [1.54, 1.807) is 78.2 Å². The number of anilines is 6. The highest BCUT2D eigenvalue weighted by Gasteiger charge is 2.57. The zero-order valence-electron chi connectivity index (χ0n) is 58.0. The summed E-state index contributed by atoms with van der Waals surface area (Å²) in [7, 11) is 0. The molecule has 3 aliphatic carbocycles. The van der Waals surface area contributed by atoms with E-state index in [1.807, 2.05) is 55.4 Å². The fourth-order valence-corrected chi connectivity index (χ4v) is 12.6. The summed E-state index contributed by atoms with van der Waals surface area (Å²) in [5, 5.41) is 14.7. The number of hydrogen-bond donors (Lipinski definition) is 4. The van der Waals surface area contributed by atoms with Crippen molar-refractivity contribution in [1.82, 2.24) is 45.0 Å². The van der Waals surface area contributed by atoms with Crippen molar-refractivity contribution >= 4 is 139 Å². The third-order valence-corrected chi connectivity index (χ3v) is 18.6. The highest BCUT2D eigenvalue weighted by atomic mass is 35.5. The molecule has 3 spiro atoms. The molecular weight excluding hydrogens is 1420 g/mol. The predicted molar refractivity (Wildman–Crippen MR) is 393 cm³/mol. The number of nitrogens with one attached hydrogen (secondary N) is 4. The van der Waals surface area contributed by atoms with Gasteiger partial charge in [0.2, 0.25) is 17.6 Å². The molecule has 30 heteroatoms. The first-order valence-electron chi connectivity index (χ1n) is 33.0. The van der Waals surface area contributed by atoms with Crippen molar-refractivity contribution in [2.45, 2.75) is 163 Å². The van der Waals surface area contributed by atoms with Crippen LogP contribution in [0.4, 0.5) is 66.0 Å². The number of likely N-dealkylation sites (tertiary alicyclic amines) is 2. The number of nitrogens with zero attached hydrogens (tertiary/aromatic N) is 11. The molecule has 12 rings (SSSR count). The maximum Gasteiger partial charge on any atom is 0.410 e. The van der Waals surface area contributed by atoms with Crippen molar-refractivity contribution < 1.29 is 42.8 Å². The largest absolute Gasteiger partial charge is 0.473 e. The highest BCUT2D eigenvalue weighted by molar-refractivity contribution is 6.61. The molecule has 3 aromatic carbocycles. The van der Waals surface area contributed by atoms with Crippen LogP contribution >= 0.6 is 69.6 Å². The summed E-state index contributed by atoms with van der Waals surface area (Å²) >= 11 is 33.2. The number of rotatable bonds is 14. The molecular formula is C71H83Cl6N15O9. The van der Waals surface area contributed by atoms with Gasteiger partial charge in [-0.25, -0.2) is 58.8 Å². The number of carbonyl (C=O) groups is 3. The zero-order valence-corrected chi connectivity index (χ0v) is 62.5. The number of hydrogen-bond acceptors (Lipinski definition) is 19. The fourth-order valence-electron chi connectivity index (χ4n) is 11.7. The second-order valence-electron chi connectivity index (χ2n) is 26.9. The van der Waals surface area contributed by atoms with E-state index < -0.39 is 11.0 Å². The van der Waals surface area contributed by atoms with Crippen LogP contribution in [0.3, 0.4) is 0 Å². The molecule has 3 aromatic heterocycles. The molecule has 6 heterocycles. The third kappa shape index (κ3) is 21.7. The number of amides is 2. The molecule has 24 nitrogen and oxygen atoms in total. The average molecular weight is 1500 g/mol. The minimum atomic E-state index is -0.741. The molecule has 4 N–H and O–H groups in total. The number of aromatic nitrogens is 6. The highest BCUT2D eigenvalue weighted by Crippen LogP contribution is 2.56. The zero-order chi connectivity index (χ0) is 73.4. The van der Waals surface area contributed by atoms with E-state index in [4.69, 9.17) is 113 Å². The van der Waals surface area contributed by atoms with E-state index >= 15 is 0 Å². The van der Waals surface area contributed by atoms with Gasteiger partial charge >= 0.3 is 17.6 Å². The SMILES string of the molecule is CC(C)OC(=O)Cl.ClCCl.[C-]#[N+]c1ccc(Nc2ncnc(OC3CCN(C(=O)OC(C)(C)C)CC34CC4)c2C)c(Cl)c1.[C-]#[N+]c1ccc(Nc2ncnc(OC3CCN(C(=O)OC(C)C)CC34CC4)c2C)c(Cl)c1.[C-]#[N+]c1ccc(Nc2ncnc(OC3CCNCC34CC4)c2C)c(Cl)c1. The number of alkyl halides is 2. The Labute approximate surface area is 619 Å². The number of benzene rings is 3. The first-order chi connectivity index (χ1) is 48.1. The summed E-state index contributed by atoms with van der Waals surface area (Å²) in [4.78, 5) is 74.5. The molecule has 6 fully saturated rings. The standard InChI is InChI=1S/C24H28ClN5O3.C23H26ClN5O3.C19H20ClN5O.C4H7ClO2.CH2Cl2/c1-15-20(29-18-7-6-16(26-5)12-17(18)25)27-14-28-21(15)32-19-8-11-30(13-24(19)9-10-24)22(31)33-23(2,3)4;1-14(2)31-22(30)29-10-7-19(23(12-29)8-9-23)32-21-15(3)20(26-13-27-21)28-18-6-5-16(25-4)11-17(18)24;1-12-17(25-15-4-3-13(21-2)9-14(15)20)23-11-24-18(12)26-16-5-8-22-10-19(16)6-7-19;1-3(2)7-4(5)6;2-1-3/h6-7,12,14,19H,8-11,13H2,1-4H3,(H,27,28,29);5-6,11,13-14,19H,7-10,12H2,1-3H3,(H,26,27,28);3-4,9,11,16,22H,5-8,10H2,1H3,(H,23,24,25);3H,1-2H3;1H2. The Balaban J connectivity index is 0.000000181. The lowest BCUT2D eigenvalue weighted by Gasteiger charge is -2.39. The average Bonchev–Trinajstić information content (AvgIpc) is 1.60. The van der Waals surface area contributed by atoms with E-state index in [-0.39, 0.29) is 64.3 Å². The van der Waals surface area contributed by atoms with E-state index in [2.05, 4.69) is 70.4 Å². The predicted octanol–water partition coefficient (Wildman–Crippen LogP) is 18.9. The van der Waals surface area contributed by atoms with Crippen molar-refractivity contribution in [3.05, 3.63) is 140 Å². The molecule has 0 radical (unpaired) electrons. The van der Waals surface area contributed by atoms with Gasteiger partial charge in [0.15, 0.2) is 17.1 Å². The van der Waals surface area contributed by atoms with Crippen molar-refractivity contribution in [2.24, 2.45) is 16.2 Å². The molecule has 3 unspecified atom stereocenters. The van der Waals surface area contributed by atoms with Crippen molar-refractivity contribution in [2.75, 3.05) is 60.6 Å². The molecule has 2 amide bonds. The summed E-state index contributed by atoms with van der Waals surface area (Å²) in [6, 6.07) is 15.3. The monoisotopic (exact) mass is 1500 g/mol.